The van der Waals surface area contributed by atoms with Gasteiger partial charge in [0.1, 0.15) is 5.75 Å². The van der Waals surface area contributed by atoms with Crippen LogP contribution in [0, 0.1) is 0 Å². The average Bonchev–Trinajstić information content (AvgIpc) is 2.87. The molecule has 0 aliphatic carbocycles. The highest BCUT2D eigenvalue weighted by Crippen LogP contribution is 2.38. The lowest BCUT2D eigenvalue weighted by atomic mass is 9.76. The third-order valence-electron chi connectivity index (χ3n) is 5.69. The van der Waals surface area contributed by atoms with E-state index in [2.05, 4.69) is 6.92 Å². The van der Waals surface area contributed by atoms with Crippen LogP contribution in [0.15, 0.2) is 41.2 Å². The van der Waals surface area contributed by atoms with Crippen LogP contribution in [0.5, 0.6) is 5.75 Å². The minimum Gasteiger partial charge on any atom is -0.492 e. The summed E-state index contributed by atoms with van der Waals surface area (Å²) >= 11 is 1.58. The molecule has 0 saturated carbocycles. The van der Waals surface area contributed by atoms with Gasteiger partial charge in [0, 0.05) is 15.5 Å². The fourth-order valence-corrected chi connectivity index (χ4v) is 4.57. The quantitative estimate of drug-likeness (QED) is 0.481. The van der Waals surface area contributed by atoms with Crippen LogP contribution >= 0.6 is 11.3 Å². The van der Waals surface area contributed by atoms with Crippen LogP contribution in [0.3, 0.4) is 0 Å². The molecule has 2 aromatic carbocycles. The van der Waals surface area contributed by atoms with E-state index in [1.807, 2.05) is 64.1 Å². The Morgan fingerprint density at radius 3 is 2.39 bits per heavy atom. The lowest BCUT2D eigenvalue weighted by Gasteiger charge is -2.32. The van der Waals surface area contributed by atoms with E-state index in [0.717, 1.165) is 27.0 Å². The molecule has 0 atom stereocenters. The molecular weight excluding hydrogens is 371 g/mol. The van der Waals surface area contributed by atoms with E-state index < -0.39 is 18.3 Å². The van der Waals surface area contributed by atoms with Gasteiger partial charge < -0.3 is 14.0 Å². The summed E-state index contributed by atoms with van der Waals surface area (Å²) < 4.78 is 20.3. The molecule has 1 aromatic heterocycles. The Kier molecular flexibility index (Phi) is 4.77. The van der Waals surface area contributed by atoms with E-state index >= 15 is 0 Å². The Morgan fingerprint density at radius 2 is 1.71 bits per heavy atom. The van der Waals surface area contributed by atoms with Crippen molar-refractivity contribution < 1.29 is 14.0 Å². The van der Waals surface area contributed by atoms with Gasteiger partial charge in [-0.3, -0.25) is 4.79 Å². The Hall–Kier alpha value is -1.89. The van der Waals surface area contributed by atoms with Crippen LogP contribution < -0.4 is 15.6 Å². The summed E-state index contributed by atoms with van der Waals surface area (Å²) in [6.07, 6.45) is 0.906. The molecule has 0 spiro atoms. The maximum Gasteiger partial charge on any atom is 0.495 e. The van der Waals surface area contributed by atoms with Gasteiger partial charge in [-0.2, -0.15) is 0 Å². The minimum atomic E-state index is -0.589. The van der Waals surface area contributed by atoms with Crippen molar-refractivity contribution in [2.75, 3.05) is 6.61 Å². The first-order chi connectivity index (χ1) is 13.2. The lowest BCUT2D eigenvalue weighted by Crippen LogP contribution is -2.41. The Balaban J connectivity index is 1.98. The summed E-state index contributed by atoms with van der Waals surface area (Å²) in [4.78, 5) is 13.5. The SMILES string of the molecule is CCCOc1ccc(B2OC(C)(C)C(C)(C)O2)c2c(=O)c3ccccc3sc12. The maximum atomic E-state index is 13.5. The molecule has 146 valence electrons. The molecular formula is C22H25BO4S. The molecule has 0 amide bonds. The topological polar surface area (TPSA) is 44.8 Å². The molecule has 0 radical (unpaired) electrons. The zero-order valence-electron chi connectivity index (χ0n) is 17.0. The predicted octanol–water partition coefficient (Wildman–Crippen LogP) is 4.50. The second-order valence-corrected chi connectivity index (χ2v) is 9.27. The smallest absolute Gasteiger partial charge is 0.492 e. The van der Waals surface area contributed by atoms with Crippen molar-refractivity contribution in [3.8, 4) is 5.75 Å². The van der Waals surface area contributed by atoms with Gasteiger partial charge in [0.25, 0.3) is 0 Å². The Bertz CT molecular complexity index is 1090. The van der Waals surface area contributed by atoms with Gasteiger partial charge in [-0.25, -0.2) is 0 Å². The van der Waals surface area contributed by atoms with Gasteiger partial charge in [0.15, 0.2) is 5.43 Å². The van der Waals surface area contributed by atoms with Gasteiger partial charge >= 0.3 is 7.12 Å². The van der Waals surface area contributed by atoms with Crippen molar-refractivity contribution in [3.05, 3.63) is 46.6 Å². The molecule has 1 aliphatic rings. The van der Waals surface area contributed by atoms with Crippen molar-refractivity contribution in [3.63, 3.8) is 0 Å². The highest BCUT2D eigenvalue weighted by Gasteiger charge is 2.52. The third kappa shape index (κ3) is 3.04. The molecule has 4 nitrogen and oxygen atoms in total. The second-order valence-electron chi connectivity index (χ2n) is 8.22. The molecule has 0 bridgehead atoms. The Morgan fingerprint density at radius 1 is 1.04 bits per heavy atom. The molecule has 1 aliphatic heterocycles. The molecule has 6 heteroatoms. The molecule has 28 heavy (non-hydrogen) atoms. The van der Waals surface area contributed by atoms with E-state index in [-0.39, 0.29) is 5.43 Å². The fraction of sp³-hybridized carbons (Fsp3) is 0.409. The largest absolute Gasteiger partial charge is 0.495 e. The summed E-state index contributed by atoms with van der Waals surface area (Å²) in [5.74, 6) is 0.741. The second kappa shape index (κ2) is 6.87. The molecule has 4 rings (SSSR count). The van der Waals surface area contributed by atoms with E-state index in [1.165, 1.54) is 0 Å². The van der Waals surface area contributed by atoms with Gasteiger partial charge in [-0.15, -0.1) is 11.3 Å². The summed E-state index contributed by atoms with van der Waals surface area (Å²) in [5.41, 5.74) is -0.171. The highest BCUT2D eigenvalue weighted by molar-refractivity contribution is 7.25. The van der Waals surface area contributed by atoms with Gasteiger partial charge in [-0.1, -0.05) is 25.1 Å². The first kappa shape index (κ1) is 19.4. The lowest BCUT2D eigenvalue weighted by molar-refractivity contribution is 0.00578. The van der Waals surface area contributed by atoms with Crippen molar-refractivity contribution in [1.82, 2.24) is 0 Å². The number of hydrogen-bond acceptors (Lipinski definition) is 5. The zero-order valence-corrected chi connectivity index (χ0v) is 17.8. The molecule has 1 fully saturated rings. The van der Waals surface area contributed by atoms with Crippen molar-refractivity contribution >= 4 is 44.1 Å². The summed E-state index contributed by atoms with van der Waals surface area (Å²) in [7, 11) is -0.589. The van der Waals surface area contributed by atoms with Gasteiger partial charge in [0.2, 0.25) is 0 Å². The molecule has 1 saturated heterocycles. The number of fused-ring (bicyclic) bond motifs is 2. The standard InChI is InChI=1S/C22H25BO4S/c1-6-13-25-16-12-11-15(23-26-21(2,3)22(4,5)27-23)18-19(24)14-9-7-8-10-17(14)28-20(16)18/h7-12H,6,13H2,1-5H3. The van der Waals surface area contributed by atoms with Crippen molar-refractivity contribution in [1.29, 1.82) is 0 Å². The van der Waals surface area contributed by atoms with E-state index in [0.29, 0.717) is 17.4 Å². The van der Waals surface area contributed by atoms with Crippen molar-refractivity contribution in [2.24, 2.45) is 0 Å². The summed E-state index contributed by atoms with van der Waals surface area (Å²) in [6, 6.07) is 11.6. The van der Waals surface area contributed by atoms with Gasteiger partial charge in [-0.05, 0) is 57.8 Å². The first-order valence-electron chi connectivity index (χ1n) is 9.72. The fourth-order valence-electron chi connectivity index (χ4n) is 3.39. The summed E-state index contributed by atoms with van der Waals surface area (Å²) in [5, 5.41) is 1.35. The molecule has 0 unspecified atom stereocenters. The van der Waals surface area contributed by atoms with Crippen LogP contribution in [0.2, 0.25) is 0 Å². The molecule has 0 N–H and O–H groups in total. The van der Waals surface area contributed by atoms with Crippen LogP contribution in [-0.4, -0.2) is 24.9 Å². The van der Waals surface area contributed by atoms with Crippen LogP contribution in [-0.2, 0) is 9.31 Å². The zero-order chi connectivity index (χ0) is 20.1. The predicted molar refractivity (Wildman–Crippen MR) is 117 cm³/mol. The molecule has 2 heterocycles. The monoisotopic (exact) mass is 396 g/mol. The highest BCUT2D eigenvalue weighted by atomic mass is 32.1. The number of rotatable bonds is 4. The first-order valence-corrected chi connectivity index (χ1v) is 10.5. The van der Waals surface area contributed by atoms with Crippen LogP contribution in [0.1, 0.15) is 41.0 Å². The minimum absolute atomic E-state index is 0.00369. The van der Waals surface area contributed by atoms with E-state index in [1.54, 1.807) is 11.3 Å². The number of hydrogen-bond donors (Lipinski definition) is 0. The molecule has 3 aromatic rings. The third-order valence-corrected chi connectivity index (χ3v) is 6.88. The van der Waals surface area contributed by atoms with Gasteiger partial charge in [0.05, 0.1) is 22.5 Å². The Labute approximate surface area is 169 Å². The van der Waals surface area contributed by atoms with E-state index in [9.17, 15) is 4.79 Å². The average molecular weight is 396 g/mol. The van der Waals surface area contributed by atoms with Crippen molar-refractivity contribution in [2.45, 2.75) is 52.2 Å². The van der Waals surface area contributed by atoms with Crippen LogP contribution in [0.4, 0.5) is 0 Å². The number of ether oxygens (including phenoxy) is 1. The normalized spacial score (nSPS) is 18.1. The number of benzene rings is 2. The van der Waals surface area contributed by atoms with E-state index in [4.69, 9.17) is 14.0 Å². The maximum absolute atomic E-state index is 13.5. The summed E-state index contributed by atoms with van der Waals surface area (Å²) in [6.45, 7) is 10.7. The van der Waals surface area contributed by atoms with Crippen LogP contribution in [0.25, 0.3) is 20.2 Å².